The van der Waals surface area contributed by atoms with Gasteiger partial charge in [0.05, 0.1) is 11.4 Å². The van der Waals surface area contributed by atoms with Crippen molar-refractivity contribution in [3.63, 3.8) is 0 Å². The van der Waals surface area contributed by atoms with E-state index in [1.165, 1.54) is 6.33 Å². The molecule has 1 amide bonds. The third-order valence-electron chi connectivity index (χ3n) is 4.42. The van der Waals surface area contributed by atoms with Gasteiger partial charge in [-0.25, -0.2) is 14.5 Å². The number of carbonyl (C=O) groups excluding carboxylic acids is 1. The summed E-state index contributed by atoms with van der Waals surface area (Å²) in [7, 11) is 0. The first kappa shape index (κ1) is 17.5. The molecule has 0 fully saturated rings. The fraction of sp³-hybridized carbons (Fsp3) is 0.100. The maximum Gasteiger partial charge on any atom is 0.330 e. The van der Waals surface area contributed by atoms with Gasteiger partial charge in [-0.05, 0) is 48.9 Å². The number of hydrogen-bond acceptors (Lipinski definition) is 4. The molecule has 0 atom stereocenters. The van der Waals surface area contributed by atoms with E-state index in [1.54, 1.807) is 46.0 Å². The molecular formula is C20H18N6O2. The molecule has 8 heteroatoms. The lowest BCUT2D eigenvalue weighted by Gasteiger charge is -2.08. The van der Waals surface area contributed by atoms with Crippen molar-refractivity contribution in [1.29, 1.82) is 0 Å². The Bertz CT molecular complexity index is 1140. The quantitative estimate of drug-likeness (QED) is 0.558. The fourth-order valence-electron chi connectivity index (χ4n) is 2.93. The predicted octanol–water partition coefficient (Wildman–Crippen LogP) is 1.98. The largest absolute Gasteiger partial charge is 0.348 e. The Morgan fingerprint density at radius 1 is 1.07 bits per heavy atom. The lowest BCUT2D eigenvalue weighted by molar-refractivity contribution is 0.0951. The third-order valence-corrected chi connectivity index (χ3v) is 4.42. The summed E-state index contributed by atoms with van der Waals surface area (Å²) in [5.41, 5.74) is 3.72. The second kappa shape index (κ2) is 7.36. The highest BCUT2D eigenvalue weighted by molar-refractivity contribution is 5.94. The highest BCUT2D eigenvalue weighted by Gasteiger charge is 2.08. The number of aryl methyl sites for hydroxylation is 1. The van der Waals surface area contributed by atoms with Crippen LogP contribution in [0.5, 0.6) is 0 Å². The molecule has 2 heterocycles. The zero-order valence-electron chi connectivity index (χ0n) is 15.2. The van der Waals surface area contributed by atoms with Crippen LogP contribution in [0.3, 0.4) is 0 Å². The Hall–Kier alpha value is -3.94. The molecule has 0 aliphatic carbocycles. The number of imidazole rings is 1. The van der Waals surface area contributed by atoms with E-state index in [0.29, 0.717) is 17.8 Å². The van der Waals surface area contributed by atoms with Crippen molar-refractivity contribution in [2.45, 2.75) is 13.5 Å². The number of nitrogens with one attached hydrogen (secondary N) is 2. The minimum Gasteiger partial charge on any atom is -0.348 e. The van der Waals surface area contributed by atoms with Crippen molar-refractivity contribution in [3.05, 3.63) is 94.7 Å². The van der Waals surface area contributed by atoms with E-state index in [9.17, 15) is 9.59 Å². The number of amides is 1. The summed E-state index contributed by atoms with van der Waals surface area (Å²) in [5, 5.41) is 6.98. The Morgan fingerprint density at radius 3 is 2.39 bits per heavy atom. The van der Waals surface area contributed by atoms with E-state index in [1.807, 2.05) is 31.2 Å². The van der Waals surface area contributed by atoms with E-state index in [2.05, 4.69) is 20.4 Å². The summed E-state index contributed by atoms with van der Waals surface area (Å²) in [5.74, 6) is -0.176. The van der Waals surface area contributed by atoms with Crippen molar-refractivity contribution < 1.29 is 4.79 Å². The van der Waals surface area contributed by atoms with E-state index < -0.39 is 0 Å². The summed E-state index contributed by atoms with van der Waals surface area (Å²) in [6.45, 7) is 2.25. The van der Waals surface area contributed by atoms with E-state index in [-0.39, 0.29) is 11.6 Å². The molecule has 0 saturated heterocycles. The summed E-state index contributed by atoms with van der Waals surface area (Å²) in [6.07, 6.45) is 4.76. The molecule has 0 aliphatic rings. The number of carbonyl (C=O) groups is 1. The standard InChI is InChI=1S/C20H18N6O2/c1-14-10-23-20(28)26(14)18-8-4-16(5-9-18)19(27)22-11-15-2-6-17(7-3-15)25-13-21-12-24-25/h2-10,12-13H,11H2,1H3,(H,22,27)(H,23,28). The first-order valence-electron chi connectivity index (χ1n) is 8.71. The number of aromatic amines is 1. The second-order valence-corrected chi connectivity index (χ2v) is 6.31. The van der Waals surface area contributed by atoms with Crippen LogP contribution in [0.25, 0.3) is 11.4 Å². The van der Waals surface area contributed by atoms with Gasteiger partial charge >= 0.3 is 5.69 Å². The molecule has 140 valence electrons. The smallest absolute Gasteiger partial charge is 0.330 e. The van der Waals surface area contributed by atoms with E-state index in [0.717, 1.165) is 16.9 Å². The van der Waals surface area contributed by atoms with Gasteiger partial charge in [0.15, 0.2) is 0 Å². The van der Waals surface area contributed by atoms with Crippen molar-refractivity contribution in [3.8, 4) is 11.4 Å². The molecule has 4 rings (SSSR count). The van der Waals surface area contributed by atoms with Gasteiger partial charge in [-0.3, -0.25) is 9.36 Å². The first-order valence-corrected chi connectivity index (χ1v) is 8.71. The Balaban J connectivity index is 1.40. The number of rotatable bonds is 5. The number of nitrogens with zero attached hydrogens (tertiary/aromatic N) is 4. The average molecular weight is 374 g/mol. The van der Waals surface area contributed by atoms with Gasteiger partial charge in [-0.15, -0.1) is 0 Å². The molecule has 2 aromatic heterocycles. The highest BCUT2D eigenvalue weighted by atomic mass is 16.2. The molecule has 4 aromatic rings. The third kappa shape index (κ3) is 3.48. The number of benzene rings is 2. The minimum atomic E-state index is -0.205. The zero-order chi connectivity index (χ0) is 19.5. The van der Waals surface area contributed by atoms with Gasteiger partial charge in [0.1, 0.15) is 12.7 Å². The molecule has 0 spiro atoms. The van der Waals surface area contributed by atoms with Crippen molar-refractivity contribution in [2.24, 2.45) is 0 Å². The molecule has 2 N–H and O–H groups in total. The lowest BCUT2D eigenvalue weighted by Crippen LogP contribution is -2.23. The zero-order valence-corrected chi connectivity index (χ0v) is 15.2. The van der Waals surface area contributed by atoms with Gasteiger partial charge in [-0.2, -0.15) is 5.10 Å². The lowest BCUT2D eigenvalue weighted by atomic mass is 10.1. The minimum absolute atomic E-state index is 0.176. The van der Waals surface area contributed by atoms with Crippen LogP contribution in [0.2, 0.25) is 0 Å². The number of H-pyrrole nitrogens is 1. The molecule has 0 bridgehead atoms. The van der Waals surface area contributed by atoms with Crippen LogP contribution in [0.1, 0.15) is 21.6 Å². The van der Waals surface area contributed by atoms with Crippen LogP contribution >= 0.6 is 0 Å². The normalized spacial score (nSPS) is 10.8. The van der Waals surface area contributed by atoms with Gasteiger partial charge in [0, 0.05) is 24.0 Å². The summed E-state index contributed by atoms with van der Waals surface area (Å²) >= 11 is 0. The molecule has 28 heavy (non-hydrogen) atoms. The SMILES string of the molecule is Cc1c[nH]c(=O)n1-c1ccc(C(=O)NCc2ccc(-n3cncn3)cc2)cc1. The van der Waals surface area contributed by atoms with Gasteiger partial charge in [0.2, 0.25) is 0 Å². The Kier molecular flexibility index (Phi) is 4.59. The van der Waals surface area contributed by atoms with Gasteiger partial charge in [0.25, 0.3) is 5.91 Å². The maximum atomic E-state index is 12.4. The molecule has 0 saturated carbocycles. The Morgan fingerprint density at radius 2 is 1.79 bits per heavy atom. The molecule has 0 radical (unpaired) electrons. The fourth-order valence-corrected chi connectivity index (χ4v) is 2.93. The summed E-state index contributed by atoms with van der Waals surface area (Å²) in [6, 6.07) is 14.6. The van der Waals surface area contributed by atoms with Crippen LogP contribution in [0.4, 0.5) is 0 Å². The van der Waals surface area contributed by atoms with Crippen LogP contribution in [-0.2, 0) is 6.54 Å². The molecule has 2 aromatic carbocycles. The summed E-state index contributed by atoms with van der Waals surface area (Å²) < 4.78 is 3.22. The van der Waals surface area contributed by atoms with E-state index in [4.69, 9.17) is 0 Å². The Labute approximate surface area is 160 Å². The van der Waals surface area contributed by atoms with Crippen LogP contribution in [-0.4, -0.2) is 30.2 Å². The number of hydrogen-bond donors (Lipinski definition) is 2. The van der Waals surface area contributed by atoms with Crippen LogP contribution < -0.4 is 11.0 Å². The monoisotopic (exact) mass is 374 g/mol. The topological polar surface area (TPSA) is 97.6 Å². The second-order valence-electron chi connectivity index (χ2n) is 6.31. The van der Waals surface area contributed by atoms with Gasteiger partial charge in [-0.1, -0.05) is 12.1 Å². The van der Waals surface area contributed by atoms with Crippen molar-refractivity contribution in [2.75, 3.05) is 0 Å². The van der Waals surface area contributed by atoms with Crippen molar-refractivity contribution in [1.82, 2.24) is 29.6 Å². The predicted molar refractivity (Wildman–Crippen MR) is 104 cm³/mol. The first-order chi connectivity index (χ1) is 13.6. The highest BCUT2D eigenvalue weighted by Crippen LogP contribution is 2.11. The molecule has 0 aliphatic heterocycles. The molecule has 0 unspecified atom stereocenters. The summed E-state index contributed by atoms with van der Waals surface area (Å²) in [4.78, 5) is 30.8. The van der Waals surface area contributed by atoms with Crippen LogP contribution in [0.15, 0.2) is 72.2 Å². The van der Waals surface area contributed by atoms with E-state index >= 15 is 0 Å². The molecular weight excluding hydrogens is 356 g/mol. The maximum absolute atomic E-state index is 12.4. The molecule has 8 nitrogen and oxygen atoms in total. The van der Waals surface area contributed by atoms with Crippen LogP contribution in [0, 0.1) is 6.92 Å². The van der Waals surface area contributed by atoms with Crippen molar-refractivity contribution >= 4 is 5.91 Å². The average Bonchev–Trinajstić information content (AvgIpc) is 3.37. The number of aromatic nitrogens is 5. The van der Waals surface area contributed by atoms with Gasteiger partial charge < -0.3 is 10.3 Å².